The van der Waals surface area contributed by atoms with Crippen molar-refractivity contribution in [2.45, 2.75) is 73.0 Å². The van der Waals surface area contributed by atoms with E-state index in [2.05, 4.69) is 5.16 Å². The van der Waals surface area contributed by atoms with Crippen LogP contribution >= 0.6 is 0 Å². The van der Waals surface area contributed by atoms with Gasteiger partial charge in [0.2, 0.25) is 0 Å². The van der Waals surface area contributed by atoms with E-state index < -0.39 is 29.4 Å². The number of nitrogens with zero attached hydrogens (tertiary/aromatic N) is 2. The SMILES string of the molecule is C\C=C(/C=C(\C(=N\O)c1ccccc1)N(C(=O)OC(C)(C)C)C(=O)OC(C)(C)C)CC(=O)OCC. The lowest BCUT2D eigenvalue weighted by Crippen LogP contribution is -2.44. The topological polar surface area (TPSA) is 115 Å². The van der Waals surface area contributed by atoms with Crippen molar-refractivity contribution in [3.63, 3.8) is 0 Å². The minimum Gasteiger partial charge on any atom is -0.466 e. The molecule has 1 aromatic rings. The summed E-state index contributed by atoms with van der Waals surface area (Å²) in [6.45, 7) is 13.5. The fourth-order valence-electron chi connectivity index (χ4n) is 2.77. The number of ether oxygens (including phenoxy) is 3. The van der Waals surface area contributed by atoms with E-state index in [0.29, 0.717) is 16.0 Å². The Bertz CT molecular complexity index is 953. The summed E-state index contributed by atoms with van der Waals surface area (Å²) in [6.07, 6.45) is 0.799. The van der Waals surface area contributed by atoms with Crippen molar-refractivity contribution in [1.82, 2.24) is 4.90 Å². The van der Waals surface area contributed by atoms with Gasteiger partial charge in [-0.15, -0.1) is 0 Å². The van der Waals surface area contributed by atoms with E-state index in [1.165, 1.54) is 6.08 Å². The summed E-state index contributed by atoms with van der Waals surface area (Å²) in [4.78, 5) is 39.4. The number of rotatable bonds is 7. The molecule has 0 spiro atoms. The van der Waals surface area contributed by atoms with E-state index in [4.69, 9.17) is 14.2 Å². The molecule has 1 N–H and O–H groups in total. The van der Waals surface area contributed by atoms with Crippen molar-refractivity contribution in [3.8, 4) is 0 Å². The molecule has 0 aliphatic heterocycles. The van der Waals surface area contributed by atoms with Crippen LogP contribution < -0.4 is 0 Å². The van der Waals surface area contributed by atoms with E-state index in [-0.39, 0.29) is 24.4 Å². The number of benzene rings is 1. The van der Waals surface area contributed by atoms with Crippen LogP contribution in [0.15, 0.2) is 58.9 Å². The van der Waals surface area contributed by atoms with Gasteiger partial charge in [0.15, 0.2) is 0 Å². The van der Waals surface area contributed by atoms with E-state index >= 15 is 0 Å². The molecule has 0 bridgehead atoms. The monoisotopic (exact) mass is 488 g/mol. The number of hydrogen-bond donors (Lipinski definition) is 1. The van der Waals surface area contributed by atoms with Crippen molar-refractivity contribution in [1.29, 1.82) is 0 Å². The fourth-order valence-corrected chi connectivity index (χ4v) is 2.77. The summed E-state index contributed by atoms with van der Waals surface area (Å²) in [5, 5.41) is 13.4. The van der Waals surface area contributed by atoms with Gasteiger partial charge in [-0.25, -0.2) is 9.59 Å². The minimum atomic E-state index is -1.04. The van der Waals surface area contributed by atoms with E-state index in [0.717, 1.165) is 0 Å². The molecule has 0 heterocycles. The Hall–Kier alpha value is -3.62. The third kappa shape index (κ3) is 10.0. The Labute approximate surface area is 207 Å². The molecule has 0 saturated carbocycles. The van der Waals surface area contributed by atoms with Crippen LogP contribution in [0.2, 0.25) is 0 Å². The number of amides is 2. The van der Waals surface area contributed by atoms with Gasteiger partial charge in [-0.1, -0.05) is 41.6 Å². The highest BCUT2D eigenvalue weighted by Gasteiger charge is 2.36. The van der Waals surface area contributed by atoms with Crippen LogP contribution in [-0.2, 0) is 19.0 Å². The van der Waals surface area contributed by atoms with Crippen LogP contribution in [0.3, 0.4) is 0 Å². The molecule has 0 aliphatic carbocycles. The van der Waals surface area contributed by atoms with Gasteiger partial charge in [-0.3, -0.25) is 4.79 Å². The molecular weight excluding hydrogens is 452 g/mol. The standard InChI is InChI=1S/C26H36N2O7/c1-9-18(17-21(29)33-10-2)16-20(22(27-32)19-14-12-11-13-15-19)28(23(30)34-25(3,4)5)24(31)35-26(6,7)8/h9,11-16,32H,10,17H2,1-8H3/b18-9+,20-16+,27-22+. The van der Waals surface area contributed by atoms with Crippen LogP contribution in [0.5, 0.6) is 0 Å². The highest BCUT2D eigenvalue weighted by atomic mass is 16.6. The van der Waals surface area contributed by atoms with Crippen LogP contribution in [-0.4, -0.2) is 51.8 Å². The molecule has 0 radical (unpaired) electrons. The Balaban J connectivity index is 3.80. The Morgan fingerprint density at radius 3 is 1.89 bits per heavy atom. The first-order chi connectivity index (χ1) is 16.2. The first-order valence-electron chi connectivity index (χ1n) is 11.3. The van der Waals surface area contributed by atoms with Gasteiger partial charge < -0.3 is 19.4 Å². The van der Waals surface area contributed by atoms with E-state index in [1.807, 2.05) is 0 Å². The summed E-state index contributed by atoms with van der Waals surface area (Å²) in [6, 6.07) is 8.47. The lowest BCUT2D eigenvalue weighted by Gasteiger charge is -2.30. The molecule has 0 fully saturated rings. The third-order valence-electron chi connectivity index (χ3n) is 4.13. The van der Waals surface area contributed by atoms with Gasteiger partial charge in [0, 0.05) is 5.56 Å². The highest BCUT2D eigenvalue weighted by molar-refractivity contribution is 6.16. The van der Waals surface area contributed by atoms with Crippen molar-refractivity contribution < 1.29 is 33.8 Å². The van der Waals surface area contributed by atoms with Crippen LogP contribution in [0.1, 0.15) is 67.4 Å². The van der Waals surface area contributed by atoms with Crippen molar-refractivity contribution in [2.24, 2.45) is 5.16 Å². The predicted octanol–water partition coefficient (Wildman–Crippen LogP) is 5.82. The first-order valence-corrected chi connectivity index (χ1v) is 11.3. The van der Waals surface area contributed by atoms with Crippen molar-refractivity contribution in [2.75, 3.05) is 6.61 Å². The molecule has 35 heavy (non-hydrogen) atoms. The van der Waals surface area contributed by atoms with Crippen LogP contribution in [0.25, 0.3) is 0 Å². The quantitative estimate of drug-likeness (QED) is 0.128. The molecular formula is C26H36N2O7. The molecule has 192 valence electrons. The zero-order valence-electron chi connectivity index (χ0n) is 21.7. The minimum absolute atomic E-state index is 0.106. The largest absolute Gasteiger partial charge is 0.466 e. The molecule has 9 heteroatoms. The third-order valence-corrected chi connectivity index (χ3v) is 4.13. The number of carbonyl (C=O) groups is 3. The van der Waals surface area contributed by atoms with Crippen LogP contribution in [0, 0.1) is 0 Å². The smallest absolute Gasteiger partial charge is 0.424 e. The summed E-state index contributed by atoms with van der Waals surface area (Å²) in [7, 11) is 0. The van der Waals surface area contributed by atoms with Crippen molar-refractivity contribution in [3.05, 3.63) is 59.3 Å². The van der Waals surface area contributed by atoms with E-state index in [1.54, 1.807) is 91.8 Å². The molecule has 2 amide bonds. The Morgan fingerprint density at radius 1 is 0.971 bits per heavy atom. The van der Waals surface area contributed by atoms with Gasteiger partial charge in [0.1, 0.15) is 16.9 Å². The number of hydrogen-bond acceptors (Lipinski definition) is 8. The average Bonchev–Trinajstić information content (AvgIpc) is 2.72. The normalized spacial score (nSPS) is 13.2. The Morgan fingerprint density at radius 2 is 1.49 bits per heavy atom. The Kier molecular flexibility index (Phi) is 10.7. The molecule has 1 rings (SSSR count). The summed E-state index contributed by atoms with van der Waals surface area (Å²) in [5.74, 6) is -0.500. The van der Waals surface area contributed by atoms with Gasteiger partial charge in [0.05, 0.1) is 18.7 Å². The van der Waals surface area contributed by atoms with Gasteiger partial charge in [-0.05, 0) is 67.0 Å². The maximum Gasteiger partial charge on any atom is 0.424 e. The predicted molar refractivity (Wildman–Crippen MR) is 132 cm³/mol. The second-order valence-electron chi connectivity index (χ2n) is 9.49. The number of esters is 1. The van der Waals surface area contributed by atoms with Gasteiger partial charge in [0.25, 0.3) is 0 Å². The maximum absolute atomic E-state index is 13.3. The molecule has 0 unspecified atom stereocenters. The number of imide groups is 1. The number of allylic oxidation sites excluding steroid dienone is 3. The molecule has 0 aromatic heterocycles. The van der Waals surface area contributed by atoms with Gasteiger partial charge in [-0.2, -0.15) is 4.90 Å². The fraction of sp³-hybridized carbons (Fsp3) is 0.462. The molecule has 9 nitrogen and oxygen atoms in total. The zero-order valence-corrected chi connectivity index (χ0v) is 21.7. The number of carbonyl (C=O) groups excluding carboxylic acids is 3. The second kappa shape index (κ2) is 12.7. The lowest BCUT2D eigenvalue weighted by atomic mass is 10.0. The van der Waals surface area contributed by atoms with Crippen molar-refractivity contribution >= 4 is 23.9 Å². The summed E-state index contributed by atoms with van der Waals surface area (Å²) >= 11 is 0. The summed E-state index contributed by atoms with van der Waals surface area (Å²) in [5.41, 5.74) is -1.32. The molecule has 1 aromatic carbocycles. The maximum atomic E-state index is 13.3. The summed E-state index contributed by atoms with van der Waals surface area (Å²) < 4.78 is 16.0. The van der Waals surface area contributed by atoms with Crippen LogP contribution in [0.4, 0.5) is 9.59 Å². The highest BCUT2D eigenvalue weighted by Crippen LogP contribution is 2.24. The molecule has 0 saturated heterocycles. The number of oxime groups is 1. The first kappa shape index (κ1) is 29.4. The molecule has 0 atom stereocenters. The van der Waals surface area contributed by atoms with Gasteiger partial charge >= 0.3 is 18.2 Å². The van der Waals surface area contributed by atoms with E-state index in [9.17, 15) is 19.6 Å². The zero-order chi connectivity index (χ0) is 26.8. The average molecular weight is 489 g/mol. The second-order valence-corrected chi connectivity index (χ2v) is 9.49. The lowest BCUT2D eigenvalue weighted by molar-refractivity contribution is -0.142. The molecule has 0 aliphatic rings.